The van der Waals surface area contributed by atoms with Gasteiger partial charge in [0.2, 0.25) is 5.91 Å². The largest absolute Gasteiger partial charge is 0.383 e. The molecule has 1 aliphatic heterocycles. The first kappa shape index (κ1) is 17.9. The quantitative estimate of drug-likeness (QED) is 0.824. The van der Waals surface area contributed by atoms with Crippen LogP contribution >= 0.6 is 0 Å². The van der Waals surface area contributed by atoms with Crippen LogP contribution in [0.25, 0.3) is 0 Å². The second-order valence-corrected chi connectivity index (χ2v) is 6.51. The van der Waals surface area contributed by atoms with Crippen LogP contribution in [0.2, 0.25) is 0 Å². The number of nitrogens with zero attached hydrogens (tertiary/aromatic N) is 2. The molecule has 5 nitrogen and oxygen atoms in total. The normalized spacial score (nSPS) is 17.5. The first-order chi connectivity index (χ1) is 11.1. The summed E-state index contributed by atoms with van der Waals surface area (Å²) in [6.07, 6.45) is 2.09. The van der Waals surface area contributed by atoms with Crippen LogP contribution in [0.5, 0.6) is 0 Å². The molecule has 2 N–H and O–H groups in total. The fourth-order valence-corrected chi connectivity index (χ4v) is 3.22. The number of ether oxygens (including phenoxy) is 1. The van der Waals surface area contributed by atoms with E-state index in [4.69, 9.17) is 10.5 Å². The van der Waals surface area contributed by atoms with Crippen molar-refractivity contribution in [3.05, 3.63) is 35.9 Å². The zero-order valence-electron chi connectivity index (χ0n) is 14.3. The Kier molecular flexibility index (Phi) is 7.02. The minimum absolute atomic E-state index is 0.0166. The van der Waals surface area contributed by atoms with Crippen LogP contribution in [0.1, 0.15) is 18.4 Å². The number of methoxy groups -OCH3 is 1. The number of carbonyl (C=O) groups is 1. The number of amides is 1. The predicted molar refractivity (Wildman–Crippen MR) is 91.9 cm³/mol. The number of hydrogen-bond acceptors (Lipinski definition) is 4. The fourth-order valence-electron chi connectivity index (χ4n) is 3.22. The first-order valence-corrected chi connectivity index (χ1v) is 8.36. The van der Waals surface area contributed by atoms with Crippen LogP contribution in [0, 0.1) is 5.92 Å². The molecule has 1 saturated heterocycles. The van der Waals surface area contributed by atoms with Crippen molar-refractivity contribution in [3.8, 4) is 0 Å². The van der Waals surface area contributed by atoms with Crippen molar-refractivity contribution < 1.29 is 9.53 Å². The van der Waals surface area contributed by atoms with E-state index in [1.807, 2.05) is 11.0 Å². The molecular weight excluding hydrogens is 290 g/mol. The Morgan fingerprint density at radius 3 is 2.61 bits per heavy atom. The van der Waals surface area contributed by atoms with E-state index >= 15 is 0 Å². The van der Waals surface area contributed by atoms with Crippen molar-refractivity contribution in [1.29, 1.82) is 0 Å². The van der Waals surface area contributed by atoms with Crippen molar-refractivity contribution in [2.24, 2.45) is 11.7 Å². The van der Waals surface area contributed by atoms with Gasteiger partial charge in [-0.15, -0.1) is 0 Å². The second kappa shape index (κ2) is 9.01. The first-order valence-electron chi connectivity index (χ1n) is 8.36. The summed E-state index contributed by atoms with van der Waals surface area (Å²) in [5.74, 6) is 0.661. The topological polar surface area (TPSA) is 58.8 Å². The predicted octanol–water partition coefficient (Wildman–Crippen LogP) is 1.33. The number of nitrogens with two attached hydrogens (primary N) is 1. The molecule has 0 spiro atoms. The average molecular weight is 319 g/mol. The van der Waals surface area contributed by atoms with Crippen molar-refractivity contribution >= 4 is 5.91 Å². The Morgan fingerprint density at radius 1 is 1.35 bits per heavy atom. The Balaban J connectivity index is 1.73. The molecule has 1 aliphatic rings. The maximum absolute atomic E-state index is 12.2. The van der Waals surface area contributed by atoms with Crippen molar-refractivity contribution in [1.82, 2.24) is 9.80 Å². The molecule has 128 valence electrons. The van der Waals surface area contributed by atoms with Gasteiger partial charge in [-0.05, 0) is 31.4 Å². The lowest BCUT2D eigenvalue weighted by Gasteiger charge is -2.35. The van der Waals surface area contributed by atoms with E-state index in [1.54, 1.807) is 7.11 Å². The molecule has 5 heteroatoms. The highest BCUT2D eigenvalue weighted by Gasteiger charge is 2.26. The third-order valence-corrected chi connectivity index (χ3v) is 4.45. The molecule has 0 aromatic heterocycles. The smallest absolute Gasteiger partial charge is 0.241 e. The van der Waals surface area contributed by atoms with Crippen LogP contribution in [-0.4, -0.2) is 62.1 Å². The summed E-state index contributed by atoms with van der Waals surface area (Å²) in [5, 5.41) is 0. The highest BCUT2D eigenvalue weighted by Crippen LogP contribution is 2.19. The summed E-state index contributed by atoms with van der Waals surface area (Å²) in [4.78, 5) is 16.4. The Labute approximate surface area is 139 Å². The number of benzene rings is 1. The van der Waals surface area contributed by atoms with E-state index in [2.05, 4.69) is 36.2 Å². The number of likely N-dealkylation sites (tertiary alicyclic amines) is 1. The maximum Gasteiger partial charge on any atom is 0.241 e. The molecule has 1 aromatic carbocycles. The number of carbonyl (C=O) groups excluding carboxylic acids is 1. The zero-order chi connectivity index (χ0) is 16.7. The lowest BCUT2D eigenvalue weighted by atomic mass is 9.95. The van der Waals surface area contributed by atoms with Gasteiger partial charge >= 0.3 is 0 Å². The van der Waals surface area contributed by atoms with Crippen molar-refractivity contribution in [2.45, 2.75) is 25.4 Å². The molecule has 0 aliphatic carbocycles. The van der Waals surface area contributed by atoms with Gasteiger partial charge < -0.3 is 20.3 Å². The lowest BCUT2D eigenvalue weighted by molar-refractivity contribution is -0.135. The summed E-state index contributed by atoms with van der Waals surface area (Å²) in [7, 11) is 3.74. The van der Waals surface area contributed by atoms with Gasteiger partial charge in [0, 0.05) is 33.3 Å². The molecule has 0 bridgehead atoms. The standard InChI is InChI=1S/C18H29N3O2/c1-20(12-15-6-4-3-5-7-15)13-16-8-10-21(11-9-16)18(22)17(19)14-23-2/h3-7,16-17H,8-14,19H2,1-2H3. The minimum Gasteiger partial charge on any atom is -0.383 e. The molecule has 0 radical (unpaired) electrons. The number of rotatable bonds is 7. The van der Waals surface area contributed by atoms with Crippen LogP contribution in [0.3, 0.4) is 0 Å². The van der Waals surface area contributed by atoms with Crippen LogP contribution in [0.4, 0.5) is 0 Å². The van der Waals surface area contributed by atoms with Crippen LogP contribution in [-0.2, 0) is 16.1 Å². The van der Waals surface area contributed by atoms with Gasteiger partial charge in [0.1, 0.15) is 6.04 Å². The van der Waals surface area contributed by atoms with Gasteiger partial charge in [0.15, 0.2) is 0 Å². The maximum atomic E-state index is 12.2. The average Bonchev–Trinajstić information content (AvgIpc) is 2.56. The molecule has 0 saturated carbocycles. The van der Waals surface area contributed by atoms with E-state index < -0.39 is 6.04 Å². The van der Waals surface area contributed by atoms with Crippen LogP contribution < -0.4 is 5.73 Å². The lowest BCUT2D eigenvalue weighted by Crippen LogP contribution is -2.49. The number of hydrogen-bond donors (Lipinski definition) is 1. The molecule has 2 rings (SSSR count). The summed E-state index contributed by atoms with van der Waals surface area (Å²) < 4.78 is 4.97. The summed E-state index contributed by atoms with van der Waals surface area (Å²) in [6, 6.07) is 10.00. The highest BCUT2D eigenvalue weighted by molar-refractivity contribution is 5.81. The van der Waals surface area contributed by atoms with Gasteiger partial charge in [0.05, 0.1) is 6.61 Å². The molecule has 1 fully saturated rings. The summed E-state index contributed by atoms with van der Waals surface area (Å²) in [6.45, 7) is 3.94. The Hall–Kier alpha value is -1.43. The van der Waals surface area contributed by atoms with Gasteiger partial charge in [-0.1, -0.05) is 30.3 Å². The molecule has 23 heavy (non-hydrogen) atoms. The van der Waals surface area contributed by atoms with E-state index in [-0.39, 0.29) is 5.91 Å². The highest BCUT2D eigenvalue weighted by atomic mass is 16.5. The molecule has 1 amide bonds. The van der Waals surface area contributed by atoms with E-state index in [9.17, 15) is 4.79 Å². The zero-order valence-corrected chi connectivity index (χ0v) is 14.3. The molecular formula is C18H29N3O2. The molecule has 1 unspecified atom stereocenters. The fraction of sp³-hybridized carbons (Fsp3) is 0.611. The SMILES string of the molecule is COCC(N)C(=O)N1CCC(CN(C)Cc2ccccc2)CC1. The minimum atomic E-state index is -0.530. The van der Waals surface area contributed by atoms with Crippen molar-refractivity contribution in [3.63, 3.8) is 0 Å². The Morgan fingerprint density at radius 2 is 2.00 bits per heavy atom. The Bertz CT molecular complexity index is 472. The van der Waals surface area contributed by atoms with E-state index in [0.29, 0.717) is 12.5 Å². The van der Waals surface area contributed by atoms with Gasteiger partial charge in [-0.3, -0.25) is 4.79 Å². The molecule has 1 heterocycles. The summed E-state index contributed by atoms with van der Waals surface area (Å²) in [5.41, 5.74) is 7.18. The van der Waals surface area contributed by atoms with Crippen LogP contribution in [0.15, 0.2) is 30.3 Å². The monoisotopic (exact) mass is 319 g/mol. The number of piperidine rings is 1. The molecule has 1 atom stereocenters. The van der Waals surface area contributed by atoms with E-state index in [0.717, 1.165) is 39.0 Å². The third-order valence-electron chi connectivity index (χ3n) is 4.45. The van der Waals surface area contributed by atoms with E-state index in [1.165, 1.54) is 5.56 Å². The van der Waals surface area contributed by atoms with Gasteiger partial charge in [-0.25, -0.2) is 0 Å². The van der Waals surface area contributed by atoms with Gasteiger partial charge in [-0.2, -0.15) is 0 Å². The van der Waals surface area contributed by atoms with Gasteiger partial charge in [0.25, 0.3) is 0 Å². The molecule has 1 aromatic rings. The summed E-state index contributed by atoms with van der Waals surface area (Å²) >= 11 is 0. The third kappa shape index (κ3) is 5.61. The van der Waals surface area contributed by atoms with Crippen molar-refractivity contribution in [2.75, 3.05) is 40.4 Å². The second-order valence-electron chi connectivity index (χ2n) is 6.51.